The highest BCUT2D eigenvalue weighted by Gasteiger charge is 2.35. The first kappa shape index (κ1) is 19.8. The van der Waals surface area contributed by atoms with Gasteiger partial charge in [-0.2, -0.15) is 18.3 Å². The maximum absolute atomic E-state index is 14.4. The molecule has 28 heavy (non-hydrogen) atoms. The Kier molecular flexibility index (Phi) is 4.90. The normalized spacial score (nSPS) is 12.2. The van der Waals surface area contributed by atoms with E-state index < -0.39 is 27.7 Å². The van der Waals surface area contributed by atoms with Gasteiger partial charge in [-0.15, -0.1) is 0 Å². The fourth-order valence-corrected chi connectivity index (χ4v) is 3.03. The Hall–Kier alpha value is -2.92. The SMILES string of the molecule is COc1ccc(-c2cc(C(F)(F)F)nn2-c2ccc(S(N)(=O)=O)cc2)c(F)c1. The molecule has 6 nitrogen and oxygen atoms in total. The molecule has 1 heterocycles. The second-order valence-electron chi connectivity index (χ2n) is 5.71. The summed E-state index contributed by atoms with van der Waals surface area (Å²) in [7, 11) is -2.65. The van der Waals surface area contributed by atoms with Crippen LogP contribution in [0.15, 0.2) is 53.4 Å². The van der Waals surface area contributed by atoms with E-state index in [-0.39, 0.29) is 27.6 Å². The predicted molar refractivity (Wildman–Crippen MR) is 91.9 cm³/mol. The van der Waals surface area contributed by atoms with E-state index in [4.69, 9.17) is 9.88 Å². The zero-order chi connectivity index (χ0) is 20.7. The van der Waals surface area contributed by atoms with Gasteiger partial charge >= 0.3 is 6.18 Å². The van der Waals surface area contributed by atoms with Gasteiger partial charge in [0.1, 0.15) is 11.6 Å². The summed E-state index contributed by atoms with van der Waals surface area (Å²) >= 11 is 0. The second kappa shape index (κ2) is 6.91. The number of hydrogen-bond donors (Lipinski definition) is 1. The summed E-state index contributed by atoms with van der Waals surface area (Å²) in [5, 5.41) is 8.53. The zero-order valence-corrected chi connectivity index (χ0v) is 15.1. The van der Waals surface area contributed by atoms with E-state index in [9.17, 15) is 26.0 Å². The Morgan fingerprint density at radius 2 is 1.71 bits per heavy atom. The number of methoxy groups -OCH3 is 1. The fraction of sp³-hybridized carbons (Fsp3) is 0.118. The van der Waals surface area contributed by atoms with Crippen LogP contribution in [0.2, 0.25) is 0 Å². The molecular weight excluding hydrogens is 402 g/mol. The number of rotatable bonds is 4. The zero-order valence-electron chi connectivity index (χ0n) is 14.2. The number of hydrogen-bond acceptors (Lipinski definition) is 4. The van der Waals surface area contributed by atoms with E-state index in [0.29, 0.717) is 6.07 Å². The molecule has 0 aliphatic heterocycles. The quantitative estimate of drug-likeness (QED) is 0.662. The topological polar surface area (TPSA) is 87.2 Å². The fourth-order valence-electron chi connectivity index (χ4n) is 2.52. The van der Waals surface area contributed by atoms with Crippen molar-refractivity contribution in [2.75, 3.05) is 7.11 Å². The lowest BCUT2D eigenvalue weighted by Gasteiger charge is -2.10. The molecule has 1 aromatic heterocycles. The van der Waals surface area contributed by atoms with Crippen molar-refractivity contribution in [1.82, 2.24) is 9.78 Å². The molecule has 148 valence electrons. The molecule has 0 amide bonds. The van der Waals surface area contributed by atoms with E-state index in [1.807, 2.05) is 0 Å². The predicted octanol–water partition coefficient (Wildman–Crippen LogP) is 3.35. The monoisotopic (exact) mass is 415 g/mol. The molecule has 0 saturated heterocycles. The Bertz CT molecular complexity index is 1120. The summed E-state index contributed by atoms with van der Waals surface area (Å²) < 4.78 is 82.4. The molecule has 0 aliphatic rings. The molecule has 3 rings (SSSR count). The lowest BCUT2D eigenvalue weighted by molar-refractivity contribution is -0.141. The standard InChI is InChI=1S/C17H13F4N3O3S/c1-27-11-4-7-13(14(18)8-11)15-9-16(17(19,20)21)23-24(15)10-2-5-12(6-3-10)28(22,25)26/h2-9H,1H3,(H2,22,25,26). The first-order valence-corrected chi connectivity index (χ1v) is 9.20. The lowest BCUT2D eigenvalue weighted by Crippen LogP contribution is -2.12. The molecule has 2 N–H and O–H groups in total. The number of alkyl halides is 3. The van der Waals surface area contributed by atoms with Crippen LogP contribution in [-0.4, -0.2) is 25.3 Å². The molecule has 0 saturated carbocycles. The average Bonchev–Trinajstić information content (AvgIpc) is 3.06. The van der Waals surface area contributed by atoms with Crippen LogP contribution in [0.1, 0.15) is 5.69 Å². The molecule has 11 heteroatoms. The largest absolute Gasteiger partial charge is 0.497 e. The molecule has 0 atom stereocenters. The summed E-state index contributed by atoms with van der Waals surface area (Å²) in [6, 6.07) is 9.08. The third-order valence-corrected chi connectivity index (χ3v) is 4.79. The molecule has 0 fully saturated rings. The number of ether oxygens (including phenoxy) is 1. The molecule has 3 aromatic rings. The minimum atomic E-state index is -4.76. The van der Waals surface area contributed by atoms with Crippen LogP contribution >= 0.6 is 0 Å². The van der Waals surface area contributed by atoms with Crippen LogP contribution in [-0.2, 0) is 16.2 Å². The summed E-state index contributed by atoms with van der Waals surface area (Å²) in [5.74, 6) is -0.615. The number of halogens is 4. The van der Waals surface area contributed by atoms with Gasteiger partial charge < -0.3 is 4.74 Å². The van der Waals surface area contributed by atoms with Crippen molar-refractivity contribution in [3.8, 4) is 22.7 Å². The number of benzene rings is 2. The van der Waals surface area contributed by atoms with Gasteiger partial charge in [0.05, 0.1) is 23.4 Å². The summed E-state index contributed by atoms with van der Waals surface area (Å²) in [6.45, 7) is 0. The van der Waals surface area contributed by atoms with E-state index in [1.165, 1.54) is 31.4 Å². The maximum Gasteiger partial charge on any atom is 0.435 e. The van der Waals surface area contributed by atoms with Gasteiger partial charge in [-0.1, -0.05) is 0 Å². The highest BCUT2D eigenvalue weighted by molar-refractivity contribution is 7.89. The number of nitrogens with zero attached hydrogens (tertiary/aromatic N) is 2. The van der Waals surface area contributed by atoms with E-state index >= 15 is 0 Å². The summed E-state index contributed by atoms with van der Waals surface area (Å²) in [5.41, 5.74) is -1.45. The Morgan fingerprint density at radius 3 is 2.21 bits per heavy atom. The van der Waals surface area contributed by atoms with Crippen molar-refractivity contribution in [2.24, 2.45) is 5.14 Å². The summed E-state index contributed by atoms with van der Waals surface area (Å²) in [4.78, 5) is -0.225. The summed E-state index contributed by atoms with van der Waals surface area (Å²) in [6.07, 6.45) is -4.76. The van der Waals surface area contributed by atoms with Crippen LogP contribution < -0.4 is 9.88 Å². The van der Waals surface area contributed by atoms with E-state index in [0.717, 1.165) is 22.9 Å². The van der Waals surface area contributed by atoms with Gasteiger partial charge in [0.15, 0.2) is 5.69 Å². The van der Waals surface area contributed by atoms with E-state index in [1.54, 1.807) is 0 Å². The van der Waals surface area contributed by atoms with Crippen molar-refractivity contribution < 1.29 is 30.7 Å². The van der Waals surface area contributed by atoms with Crippen molar-refractivity contribution in [2.45, 2.75) is 11.1 Å². The molecule has 0 bridgehead atoms. The van der Waals surface area contributed by atoms with E-state index in [2.05, 4.69) is 5.10 Å². The minimum Gasteiger partial charge on any atom is -0.497 e. The first-order chi connectivity index (χ1) is 13.0. The lowest BCUT2D eigenvalue weighted by atomic mass is 10.1. The number of sulfonamides is 1. The Labute approximate surface area is 157 Å². The molecule has 0 spiro atoms. The van der Waals surface area contributed by atoms with Crippen LogP contribution in [0.5, 0.6) is 5.75 Å². The Morgan fingerprint density at radius 1 is 1.07 bits per heavy atom. The highest BCUT2D eigenvalue weighted by atomic mass is 32.2. The van der Waals surface area contributed by atoms with Crippen LogP contribution in [0, 0.1) is 5.82 Å². The molecule has 2 aromatic carbocycles. The third-order valence-electron chi connectivity index (χ3n) is 3.86. The number of aromatic nitrogens is 2. The minimum absolute atomic E-state index is 0.0909. The molecule has 0 unspecified atom stereocenters. The molecule has 0 radical (unpaired) electrons. The van der Waals surface area contributed by atoms with Crippen LogP contribution in [0.4, 0.5) is 17.6 Å². The van der Waals surface area contributed by atoms with Crippen molar-refractivity contribution in [3.63, 3.8) is 0 Å². The van der Waals surface area contributed by atoms with Gasteiger partial charge in [-0.25, -0.2) is 22.6 Å². The first-order valence-electron chi connectivity index (χ1n) is 7.65. The van der Waals surface area contributed by atoms with Gasteiger partial charge in [-0.3, -0.25) is 0 Å². The molecule has 0 aliphatic carbocycles. The van der Waals surface area contributed by atoms with Gasteiger partial charge in [0.25, 0.3) is 0 Å². The van der Waals surface area contributed by atoms with Gasteiger partial charge in [0, 0.05) is 11.6 Å². The second-order valence-corrected chi connectivity index (χ2v) is 7.27. The number of nitrogens with two attached hydrogens (primary N) is 1. The number of primary sulfonamides is 1. The maximum atomic E-state index is 14.4. The smallest absolute Gasteiger partial charge is 0.435 e. The van der Waals surface area contributed by atoms with Crippen molar-refractivity contribution >= 4 is 10.0 Å². The van der Waals surface area contributed by atoms with Crippen LogP contribution in [0.25, 0.3) is 16.9 Å². The van der Waals surface area contributed by atoms with Gasteiger partial charge in [-0.05, 0) is 42.5 Å². The molecular formula is C17H13F4N3O3S. The average molecular weight is 415 g/mol. The third kappa shape index (κ3) is 3.85. The highest BCUT2D eigenvalue weighted by Crippen LogP contribution is 2.35. The van der Waals surface area contributed by atoms with Crippen LogP contribution in [0.3, 0.4) is 0 Å². The van der Waals surface area contributed by atoms with Crippen molar-refractivity contribution in [1.29, 1.82) is 0 Å². The van der Waals surface area contributed by atoms with Crippen molar-refractivity contribution in [3.05, 3.63) is 60.0 Å². The van der Waals surface area contributed by atoms with Gasteiger partial charge in [0.2, 0.25) is 10.0 Å². The Balaban J connectivity index is 2.19.